The number of anilines is 1. The Bertz CT molecular complexity index is 443. The average Bonchev–Trinajstić information content (AvgIpc) is 3.08. The average molecular weight is 266 g/mol. The van der Waals surface area contributed by atoms with Crippen molar-refractivity contribution in [3.8, 4) is 0 Å². The first kappa shape index (κ1) is 11.9. The second-order valence-electron chi connectivity index (χ2n) is 4.92. The predicted octanol–water partition coefficient (Wildman–Crippen LogP) is 0.720. The van der Waals surface area contributed by atoms with E-state index in [-0.39, 0.29) is 11.9 Å². The first-order valence-electron chi connectivity index (χ1n) is 6.46. The lowest BCUT2D eigenvalue weighted by Crippen LogP contribution is -2.54. The molecule has 1 saturated carbocycles. The van der Waals surface area contributed by atoms with E-state index in [1.807, 2.05) is 13.1 Å². The molecular weight excluding hydrogens is 248 g/mol. The molecule has 2 aliphatic rings. The van der Waals surface area contributed by atoms with Gasteiger partial charge in [-0.3, -0.25) is 4.79 Å². The monoisotopic (exact) mass is 266 g/mol. The highest BCUT2D eigenvalue weighted by molar-refractivity contribution is 7.15. The lowest BCUT2D eigenvalue weighted by Gasteiger charge is -2.32. The van der Waals surface area contributed by atoms with Gasteiger partial charge in [-0.25, -0.2) is 4.98 Å². The Kier molecular flexibility index (Phi) is 3.22. The van der Waals surface area contributed by atoms with Crippen LogP contribution in [0.5, 0.6) is 0 Å². The Labute approximate surface area is 111 Å². The standard InChI is InChI=1S/C12H18N4OS/c1-8-11(17)13-4-5-16(8)12-15-7-10(18-12)6-14-9-2-3-9/h7-9,14H,2-6H2,1H3,(H,13,17). The van der Waals surface area contributed by atoms with Crippen LogP contribution in [-0.4, -0.2) is 36.1 Å². The van der Waals surface area contributed by atoms with Crippen molar-refractivity contribution in [1.29, 1.82) is 0 Å². The van der Waals surface area contributed by atoms with Crippen LogP contribution in [-0.2, 0) is 11.3 Å². The van der Waals surface area contributed by atoms with Crippen LogP contribution in [0.25, 0.3) is 0 Å². The number of hydrogen-bond acceptors (Lipinski definition) is 5. The molecule has 1 saturated heterocycles. The summed E-state index contributed by atoms with van der Waals surface area (Å²) in [6.45, 7) is 4.38. The Morgan fingerprint density at radius 2 is 2.44 bits per heavy atom. The van der Waals surface area contributed by atoms with Gasteiger partial charge in [0.15, 0.2) is 5.13 Å². The molecule has 1 atom stereocenters. The SMILES string of the molecule is CC1C(=O)NCCN1c1ncc(CNC2CC2)s1. The van der Waals surface area contributed by atoms with Crippen molar-refractivity contribution in [2.75, 3.05) is 18.0 Å². The molecule has 0 bridgehead atoms. The zero-order valence-electron chi connectivity index (χ0n) is 10.5. The van der Waals surface area contributed by atoms with E-state index in [1.54, 1.807) is 11.3 Å². The van der Waals surface area contributed by atoms with Crippen LogP contribution in [0.4, 0.5) is 5.13 Å². The summed E-state index contributed by atoms with van der Waals surface area (Å²) in [4.78, 5) is 19.4. The van der Waals surface area contributed by atoms with Crippen LogP contribution in [0.2, 0.25) is 0 Å². The molecular formula is C12H18N4OS. The van der Waals surface area contributed by atoms with Gasteiger partial charge in [0, 0.05) is 36.8 Å². The molecule has 1 aromatic rings. The number of rotatable bonds is 4. The van der Waals surface area contributed by atoms with E-state index in [1.165, 1.54) is 17.7 Å². The number of nitrogens with zero attached hydrogens (tertiary/aromatic N) is 2. The van der Waals surface area contributed by atoms with Crippen LogP contribution in [0.3, 0.4) is 0 Å². The summed E-state index contributed by atoms with van der Waals surface area (Å²) in [6, 6.07) is 0.601. The van der Waals surface area contributed by atoms with Crippen LogP contribution in [0.15, 0.2) is 6.20 Å². The molecule has 1 amide bonds. The molecule has 1 aliphatic heterocycles. The van der Waals surface area contributed by atoms with Crippen molar-refractivity contribution in [1.82, 2.24) is 15.6 Å². The number of amides is 1. The smallest absolute Gasteiger partial charge is 0.242 e. The highest BCUT2D eigenvalue weighted by Gasteiger charge is 2.27. The van der Waals surface area contributed by atoms with Gasteiger partial charge in [-0.15, -0.1) is 11.3 Å². The maximum absolute atomic E-state index is 11.6. The first-order chi connectivity index (χ1) is 8.74. The Morgan fingerprint density at radius 3 is 3.22 bits per heavy atom. The number of piperazine rings is 1. The van der Waals surface area contributed by atoms with Crippen LogP contribution in [0, 0.1) is 0 Å². The minimum Gasteiger partial charge on any atom is -0.353 e. The van der Waals surface area contributed by atoms with Gasteiger partial charge >= 0.3 is 0 Å². The van der Waals surface area contributed by atoms with E-state index in [2.05, 4.69) is 20.5 Å². The van der Waals surface area contributed by atoms with Crippen LogP contribution in [0.1, 0.15) is 24.6 Å². The first-order valence-corrected chi connectivity index (χ1v) is 7.28. The van der Waals surface area contributed by atoms with Crippen molar-refractivity contribution in [2.24, 2.45) is 0 Å². The fraction of sp³-hybridized carbons (Fsp3) is 0.667. The zero-order valence-corrected chi connectivity index (χ0v) is 11.3. The lowest BCUT2D eigenvalue weighted by atomic mass is 10.2. The van der Waals surface area contributed by atoms with Gasteiger partial charge in [-0.2, -0.15) is 0 Å². The van der Waals surface area contributed by atoms with E-state index in [4.69, 9.17) is 0 Å². The molecule has 0 spiro atoms. The highest BCUT2D eigenvalue weighted by atomic mass is 32.1. The number of thiazole rings is 1. The summed E-state index contributed by atoms with van der Waals surface area (Å²) in [5.74, 6) is 0.0918. The number of nitrogens with one attached hydrogen (secondary N) is 2. The van der Waals surface area contributed by atoms with Crippen molar-refractivity contribution < 1.29 is 4.79 Å². The maximum Gasteiger partial charge on any atom is 0.242 e. The molecule has 5 nitrogen and oxygen atoms in total. The Hall–Kier alpha value is -1.14. The van der Waals surface area contributed by atoms with E-state index in [0.717, 1.165) is 24.3 Å². The summed E-state index contributed by atoms with van der Waals surface area (Å²) < 4.78 is 0. The maximum atomic E-state index is 11.6. The van der Waals surface area contributed by atoms with Crippen LogP contribution < -0.4 is 15.5 Å². The van der Waals surface area contributed by atoms with Gasteiger partial charge in [0.25, 0.3) is 0 Å². The largest absolute Gasteiger partial charge is 0.353 e. The fourth-order valence-corrected chi connectivity index (χ4v) is 3.06. The Balaban J connectivity index is 1.65. The predicted molar refractivity (Wildman–Crippen MR) is 71.8 cm³/mol. The molecule has 98 valence electrons. The molecule has 6 heteroatoms. The van der Waals surface area contributed by atoms with E-state index in [0.29, 0.717) is 6.54 Å². The zero-order chi connectivity index (χ0) is 12.5. The quantitative estimate of drug-likeness (QED) is 0.843. The number of carbonyl (C=O) groups is 1. The number of aromatic nitrogens is 1. The van der Waals surface area contributed by atoms with Crippen molar-refractivity contribution >= 4 is 22.4 Å². The highest BCUT2D eigenvalue weighted by Crippen LogP contribution is 2.26. The summed E-state index contributed by atoms with van der Waals surface area (Å²) in [5, 5.41) is 7.32. The van der Waals surface area contributed by atoms with Crippen molar-refractivity contribution in [2.45, 2.75) is 38.4 Å². The molecule has 18 heavy (non-hydrogen) atoms. The van der Waals surface area contributed by atoms with Crippen molar-refractivity contribution in [3.05, 3.63) is 11.1 Å². The van der Waals surface area contributed by atoms with E-state index < -0.39 is 0 Å². The third kappa shape index (κ3) is 2.49. The normalized spacial score (nSPS) is 24.2. The molecule has 2 N–H and O–H groups in total. The molecule has 1 unspecified atom stereocenters. The van der Waals surface area contributed by atoms with E-state index in [9.17, 15) is 4.79 Å². The molecule has 1 aromatic heterocycles. The third-order valence-electron chi connectivity index (χ3n) is 3.43. The number of hydrogen-bond donors (Lipinski definition) is 2. The minimum absolute atomic E-state index is 0.0918. The van der Waals surface area contributed by atoms with Gasteiger partial charge in [-0.1, -0.05) is 0 Å². The Morgan fingerprint density at radius 1 is 1.61 bits per heavy atom. The van der Waals surface area contributed by atoms with Gasteiger partial charge < -0.3 is 15.5 Å². The lowest BCUT2D eigenvalue weighted by molar-refractivity contribution is -0.122. The van der Waals surface area contributed by atoms with Gasteiger partial charge in [0.05, 0.1) is 0 Å². The second-order valence-corrected chi connectivity index (χ2v) is 6.02. The molecule has 1 aliphatic carbocycles. The summed E-state index contributed by atoms with van der Waals surface area (Å²) in [7, 11) is 0. The second kappa shape index (κ2) is 4.85. The van der Waals surface area contributed by atoms with Crippen LogP contribution >= 0.6 is 11.3 Å². The molecule has 0 radical (unpaired) electrons. The van der Waals surface area contributed by atoms with E-state index >= 15 is 0 Å². The summed E-state index contributed by atoms with van der Waals surface area (Å²) in [6.07, 6.45) is 4.53. The molecule has 2 fully saturated rings. The summed E-state index contributed by atoms with van der Waals surface area (Å²) in [5.41, 5.74) is 0. The van der Waals surface area contributed by atoms with Gasteiger partial charge in [0.2, 0.25) is 5.91 Å². The summed E-state index contributed by atoms with van der Waals surface area (Å²) >= 11 is 1.69. The van der Waals surface area contributed by atoms with Gasteiger partial charge in [-0.05, 0) is 19.8 Å². The molecule has 0 aromatic carbocycles. The molecule has 3 rings (SSSR count). The minimum atomic E-state index is -0.117. The van der Waals surface area contributed by atoms with Crippen molar-refractivity contribution in [3.63, 3.8) is 0 Å². The fourth-order valence-electron chi connectivity index (χ4n) is 2.09. The topological polar surface area (TPSA) is 57.3 Å². The molecule has 2 heterocycles. The van der Waals surface area contributed by atoms with Gasteiger partial charge in [0.1, 0.15) is 6.04 Å². The number of carbonyl (C=O) groups excluding carboxylic acids is 1. The third-order valence-corrected chi connectivity index (χ3v) is 4.46.